The van der Waals surface area contributed by atoms with Gasteiger partial charge in [0, 0.05) is 25.1 Å². The molecule has 7 heteroatoms. The van der Waals surface area contributed by atoms with Crippen molar-refractivity contribution in [1.29, 1.82) is 0 Å². The lowest BCUT2D eigenvalue weighted by atomic mass is 9.84. The lowest BCUT2D eigenvalue weighted by Crippen LogP contribution is -2.46. The first-order valence-corrected chi connectivity index (χ1v) is 9.48. The Morgan fingerprint density at radius 2 is 2.00 bits per heavy atom. The van der Waals surface area contributed by atoms with Crippen molar-refractivity contribution in [1.82, 2.24) is 10.6 Å². The van der Waals surface area contributed by atoms with Crippen LogP contribution in [0.5, 0.6) is 11.5 Å². The molecule has 0 aromatic heterocycles. The van der Waals surface area contributed by atoms with Crippen LogP contribution >= 0.6 is 24.0 Å². The first-order chi connectivity index (χ1) is 12.4. The van der Waals surface area contributed by atoms with Crippen LogP contribution in [0.4, 0.5) is 0 Å². The standard InChI is InChI=1S/C20H31N3O3.HI/c1-5-21-18(23-13-20(4)9-6-10-26-20)22-12-19(2,3)15-7-8-16-17(11-15)25-14-24-16;/h7-8,11H,5-6,9-10,12-14H2,1-4H3,(H2,21,22,23);1H. The largest absolute Gasteiger partial charge is 0.454 e. The Morgan fingerprint density at radius 1 is 1.22 bits per heavy atom. The molecule has 1 unspecified atom stereocenters. The second kappa shape index (κ2) is 9.32. The van der Waals surface area contributed by atoms with Gasteiger partial charge in [0.05, 0.1) is 12.1 Å². The number of fused-ring (bicyclic) bond motifs is 1. The van der Waals surface area contributed by atoms with E-state index in [4.69, 9.17) is 19.2 Å². The number of rotatable bonds is 6. The second-order valence-corrected chi connectivity index (χ2v) is 7.90. The number of aliphatic imine (C=N–C) groups is 1. The van der Waals surface area contributed by atoms with Crippen LogP contribution in [0.1, 0.15) is 46.1 Å². The summed E-state index contributed by atoms with van der Waals surface area (Å²) in [5.74, 6) is 2.46. The third-order valence-corrected chi connectivity index (χ3v) is 5.06. The minimum Gasteiger partial charge on any atom is -0.454 e. The Bertz CT molecular complexity index is 658. The Morgan fingerprint density at radius 3 is 2.70 bits per heavy atom. The van der Waals surface area contributed by atoms with E-state index >= 15 is 0 Å². The smallest absolute Gasteiger partial charge is 0.231 e. The maximum atomic E-state index is 5.86. The van der Waals surface area contributed by atoms with Crippen LogP contribution in [0.15, 0.2) is 23.2 Å². The van der Waals surface area contributed by atoms with Crippen LogP contribution in [-0.4, -0.2) is 44.6 Å². The van der Waals surface area contributed by atoms with Crippen LogP contribution in [0.2, 0.25) is 0 Å². The van der Waals surface area contributed by atoms with E-state index in [2.05, 4.69) is 50.5 Å². The molecule has 0 radical (unpaired) electrons. The number of hydrogen-bond donors (Lipinski definition) is 2. The zero-order valence-electron chi connectivity index (χ0n) is 16.8. The van der Waals surface area contributed by atoms with E-state index in [1.807, 2.05) is 6.07 Å². The van der Waals surface area contributed by atoms with Crippen molar-refractivity contribution in [2.45, 2.75) is 51.6 Å². The van der Waals surface area contributed by atoms with Crippen molar-refractivity contribution in [2.75, 3.05) is 33.0 Å². The molecule has 2 heterocycles. The third-order valence-electron chi connectivity index (χ3n) is 5.06. The molecule has 152 valence electrons. The van der Waals surface area contributed by atoms with E-state index < -0.39 is 0 Å². The van der Waals surface area contributed by atoms with Gasteiger partial charge >= 0.3 is 0 Å². The summed E-state index contributed by atoms with van der Waals surface area (Å²) in [6.45, 7) is 12.0. The van der Waals surface area contributed by atoms with E-state index in [1.165, 1.54) is 5.56 Å². The minimum absolute atomic E-state index is 0. The van der Waals surface area contributed by atoms with Crippen molar-refractivity contribution in [2.24, 2.45) is 4.99 Å². The van der Waals surface area contributed by atoms with Gasteiger partial charge in [0.25, 0.3) is 0 Å². The SMILES string of the molecule is CCNC(=NCC(C)(C)c1ccc2c(c1)OCO2)NCC1(C)CCCO1.I. The van der Waals surface area contributed by atoms with E-state index in [0.29, 0.717) is 13.3 Å². The van der Waals surface area contributed by atoms with Gasteiger partial charge in [0.15, 0.2) is 17.5 Å². The molecule has 2 N–H and O–H groups in total. The highest BCUT2D eigenvalue weighted by Crippen LogP contribution is 2.36. The van der Waals surface area contributed by atoms with Crippen molar-refractivity contribution in [3.63, 3.8) is 0 Å². The average molecular weight is 489 g/mol. The van der Waals surface area contributed by atoms with Crippen LogP contribution in [0, 0.1) is 0 Å². The Balaban J connectivity index is 0.00000261. The van der Waals surface area contributed by atoms with Crippen LogP contribution in [-0.2, 0) is 10.2 Å². The highest BCUT2D eigenvalue weighted by Gasteiger charge is 2.30. The summed E-state index contributed by atoms with van der Waals surface area (Å²) in [5.41, 5.74) is 0.979. The molecule has 2 aliphatic heterocycles. The Labute approximate surface area is 179 Å². The number of nitrogens with zero attached hydrogens (tertiary/aromatic N) is 1. The molecule has 6 nitrogen and oxygen atoms in total. The first kappa shape index (κ1) is 22.1. The summed E-state index contributed by atoms with van der Waals surface area (Å²) in [6.07, 6.45) is 2.21. The molecule has 1 saturated heterocycles. The zero-order valence-corrected chi connectivity index (χ0v) is 19.1. The fourth-order valence-corrected chi connectivity index (χ4v) is 3.27. The molecule has 27 heavy (non-hydrogen) atoms. The highest BCUT2D eigenvalue weighted by atomic mass is 127. The normalized spacial score (nSPS) is 21.7. The lowest BCUT2D eigenvalue weighted by molar-refractivity contribution is 0.0243. The second-order valence-electron chi connectivity index (χ2n) is 7.90. The van der Waals surface area contributed by atoms with Gasteiger partial charge < -0.3 is 24.8 Å². The average Bonchev–Trinajstić information content (AvgIpc) is 3.26. The molecule has 0 spiro atoms. The summed E-state index contributed by atoms with van der Waals surface area (Å²) in [7, 11) is 0. The van der Waals surface area contributed by atoms with E-state index in [9.17, 15) is 0 Å². The van der Waals surface area contributed by atoms with Gasteiger partial charge in [-0.3, -0.25) is 4.99 Å². The fraction of sp³-hybridized carbons (Fsp3) is 0.650. The van der Waals surface area contributed by atoms with E-state index in [0.717, 1.165) is 50.0 Å². The molecule has 1 aromatic carbocycles. The number of benzene rings is 1. The number of ether oxygens (including phenoxy) is 3. The van der Waals surface area contributed by atoms with Crippen molar-refractivity contribution in [3.05, 3.63) is 23.8 Å². The van der Waals surface area contributed by atoms with Gasteiger partial charge in [-0.25, -0.2) is 0 Å². The number of nitrogens with one attached hydrogen (secondary N) is 2. The first-order valence-electron chi connectivity index (χ1n) is 9.48. The molecule has 2 aliphatic rings. The highest BCUT2D eigenvalue weighted by molar-refractivity contribution is 14.0. The minimum atomic E-state index is -0.114. The summed E-state index contributed by atoms with van der Waals surface area (Å²) in [5, 5.41) is 6.77. The van der Waals surface area contributed by atoms with Gasteiger partial charge in [-0.1, -0.05) is 19.9 Å². The maximum Gasteiger partial charge on any atom is 0.231 e. The zero-order chi connectivity index (χ0) is 18.6. The topological polar surface area (TPSA) is 64.1 Å². The van der Waals surface area contributed by atoms with Crippen molar-refractivity contribution in [3.8, 4) is 11.5 Å². The van der Waals surface area contributed by atoms with E-state index in [1.54, 1.807) is 0 Å². The molecular weight excluding hydrogens is 457 g/mol. The predicted octanol–water partition coefficient (Wildman–Crippen LogP) is 3.44. The fourth-order valence-electron chi connectivity index (χ4n) is 3.27. The van der Waals surface area contributed by atoms with Crippen LogP contribution in [0.25, 0.3) is 0 Å². The number of hydrogen-bond acceptors (Lipinski definition) is 4. The van der Waals surface area contributed by atoms with Gasteiger partial charge in [0.2, 0.25) is 6.79 Å². The third kappa shape index (κ3) is 5.63. The van der Waals surface area contributed by atoms with Crippen molar-refractivity contribution >= 4 is 29.9 Å². The van der Waals surface area contributed by atoms with Crippen LogP contribution in [0.3, 0.4) is 0 Å². The lowest BCUT2D eigenvalue weighted by Gasteiger charge is -2.26. The van der Waals surface area contributed by atoms with Gasteiger partial charge in [-0.05, 0) is 44.4 Å². The summed E-state index contributed by atoms with van der Waals surface area (Å²) in [6, 6.07) is 6.13. The monoisotopic (exact) mass is 489 g/mol. The van der Waals surface area contributed by atoms with E-state index in [-0.39, 0.29) is 35.0 Å². The number of guanidine groups is 1. The predicted molar refractivity (Wildman–Crippen MR) is 119 cm³/mol. The van der Waals surface area contributed by atoms with Gasteiger partial charge in [-0.15, -0.1) is 24.0 Å². The molecule has 0 saturated carbocycles. The Kier molecular flexibility index (Phi) is 7.62. The molecular formula is C20H32IN3O3. The number of halogens is 1. The molecule has 1 atom stereocenters. The van der Waals surface area contributed by atoms with Gasteiger partial charge in [-0.2, -0.15) is 0 Å². The summed E-state index contributed by atoms with van der Waals surface area (Å²) < 4.78 is 16.8. The van der Waals surface area contributed by atoms with Gasteiger partial charge in [0.1, 0.15) is 0 Å². The quantitative estimate of drug-likeness (QED) is 0.364. The molecule has 0 amide bonds. The van der Waals surface area contributed by atoms with Crippen LogP contribution < -0.4 is 20.1 Å². The molecule has 1 fully saturated rings. The molecule has 0 bridgehead atoms. The van der Waals surface area contributed by atoms with Crippen molar-refractivity contribution < 1.29 is 14.2 Å². The summed E-state index contributed by atoms with van der Waals surface area (Å²) in [4.78, 5) is 4.81. The maximum absolute atomic E-state index is 5.86. The molecule has 3 rings (SSSR count). The molecule has 0 aliphatic carbocycles. The molecule has 1 aromatic rings. The summed E-state index contributed by atoms with van der Waals surface area (Å²) >= 11 is 0. The Hall–Kier alpha value is -1.22.